The molecule has 0 fully saturated rings. The van der Waals surface area contributed by atoms with E-state index in [0.29, 0.717) is 17.6 Å². The lowest BCUT2D eigenvalue weighted by Gasteiger charge is -1.96. The molecule has 5 nitrogen and oxygen atoms in total. The highest BCUT2D eigenvalue weighted by atomic mass is 127. The van der Waals surface area contributed by atoms with E-state index in [2.05, 4.69) is 43.2 Å². The van der Waals surface area contributed by atoms with Gasteiger partial charge in [-0.1, -0.05) is 0 Å². The summed E-state index contributed by atoms with van der Waals surface area (Å²) in [6.45, 7) is 0. The standard InChI is InChI=1S/C12H7IN5P/c13-19-18-10-2-1-4-16-12(10)11(17-18)9-6-8(7-14)3-5-15-9/h1-6,19H. The van der Waals surface area contributed by atoms with Gasteiger partial charge in [-0.3, -0.25) is 9.97 Å². The largest absolute Gasteiger partial charge is 0.254 e. The Bertz CT molecular complexity index is 792. The maximum absolute atomic E-state index is 8.95. The Kier molecular flexibility index (Phi) is 3.40. The van der Waals surface area contributed by atoms with Gasteiger partial charge in [-0.05, 0) is 46.3 Å². The molecular weight excluding hydrogens is 372 g/mol. The summed E-state index contributed by atoms with van der Waals surface area (Å²) >= 11 is 2.28. The minimum atomic E-state index is 0.490. The highest BCUT2D eigenvalue weighted by Crippen LogP contribution is 2.32. The molecule has 0 spiro atoms. The third-order valence-electron chi connectivity index (χ3n) is 2.65. The van der Waals surface area contributed by atoms with Gasteiger partial charge in [0.2, 0.25) is 0 Å². The first-order valence-electron chi connectivity index (χ1n) is 5.40. The van der Waals surface area contributed by atoms with Crippen molar-refractivity contribution in [1.29, 1.82) is 5.26 Å². The monoisotopic (exact) mass is 379 g/mol. The van der Waals surface area contributed by atoms with Crippen LogP contribution in [0.4, 0.5) is 0 Å². The first-order valence-corrected chi connectivity index (χ1v) is 9.46. The third kappa shape index (κ3) is 2.20. The van der Waals surface area contributed by atoms with Crippen LogP contribution >= 0.6 is 28.4 Å². The van der Waals surface area contributed by atoms with Gasteiger partial charge in [0, 0.05) is 12.4 Å². The molecule has 0 aliphatic heterocycles. The highest BCUT2D eigenvalue weighted by Gasteiger charge is 2.14. The Hall–Kier alpha value is -1.58. The van der Waals surface area contributed by atoms with Gasteiger partial charge in [0.1, 0.15) is 11.2 Å². The molecule has 0 radical (unpaired) electrons. The molecule has 3 rings (SSSR count). The zero-order valence-electron chi connectivity index (χ0n) is 9.58. The molecule has 0 amide bonds. The van der Waals surface area contributed by atoms with Gasteiger partial charge in [-0.25, -0.2) is 4.45 Å². The molecule has 0 bridgehead atoms. The molecule has 7 heteroatoms. The molecule has 0 aliphatic carbocycles. The summed E-state index contributed by atoms with van der Waals surface area (Å²) in [7, 11) is 0. The van der Waals surface area contributed by atoms with Crippen LogP contribution in [-0.4, -0.2) is 19.5 Å². The Morgan fingerprint density at radius 3 is 2.95 bits per heavy atom. The summed E-state index contributed by atoms with van der Waals surface area (Å²) < 4.78 is 1.90. The molecule has 19 heavy (non-hydrogen) atoms. The van der Waals surface area contributed by atoms with E-state index in [1.165, 1.54) is 0 Å². The number of nitriles is 1. The number of hydrogen-bond acceptors (Lipinski definition) is 4. The van der Waals surface area contributed by atoms with Crippen LogP contribution in [0, 0.1) is 11.3 Å². The number of rotatable bonds is 2. The van der Waals surface area contributed by atoms with E-state index in [9.17, 15) is 0 Å². The topological polar surface area (TPSA) is 67.4 Å². The van der Waals surface area contributed by atoms with E-state index < -0.39 is 0 Å². The van der Waals surface area contributed by atoms with Crippen LogP contribution in [0.1, 0.15) is 5.56 Å². The van der Waals surface area contributed by atoms with E-state index in [0.717, 1.165) is 16.7 Å². The van der Waals surface area contributed by atoms with Crippen LogP contribution in [0.3, 0.4) is 0 Å². The van der Waals surface area contributed by atoms with Crippen LogP contribution in [0.5, 0.6) is 0 Å². The zero-order valence-corrected chi connectivity index (χ0v) is 12.7. The van der Waals surface area contributed by atoms with Gasteiger partial charge < -0.3 is 0 Å². The predicted octanol–water partition coefficient (Wildman–Crippen LogP) is 3.16. The fourth-order valence-corrected chi connectivity index (χ4v) is 3.33. The lowest BCUT2D eigenvalue weighted by molar-refractivity contribution is 1.04. The van der Waals surface area contributed by atoms with Crippen LogP contribution in [-0.2, 0) is 0 Å². The van der Waals surface area contributed by atoms with Crippen molar-refractivity contribution < 1.29 is 0 Å². The molecule has 1 atom stereocenters. The van der Waals surface area contributed by atoms with E-state index in [1.54, 1.807) is 24.5 Å². The van der Waals surface area contributed by atoms with Crippen molar-refractivity contribution in [1.82, 2.24) is 19.5 Å². The van der Waals surface area contributed by atoms with E-state index in [1.807, 2.05) is 16.6 Å². The van der Waals surface area contributed by atoms with Crippen LogP contribution in [0.15, 0.2) is 36.7 Å². The fraction of sp³-hybridized carbons (Fsp3) is 0. The SMILES string of the molecule is N#Cc1ccnc(-c2nn(PI)c3cccnc23)c1. The highest BCUT2D eigenvalue weighted by molar-refractivity contribution is 14.2. The van der Waals surface area contributed by atoms with E-state index >= 15 is 0 Å². The number of hydrogen-bond donors (Lipinski definition) is 0. The van der Waals surface area contributed by atoms with Crippen molar-refractivity contribution >= 4 is 39.4 Å². The average molecular weight is 379 g/mol. The Labute approximate surface area is 124 Å². The Balaban J connectivity index is 2.28. The lowest BCUT2D eigenvalue weighted by Crippen LogP contribution is -1.88. The smallest absolute Gasteiger partial charge is 0.137 e. The van der Waals surface area contributed by atoms with Crippen molar-refractivity contribution in [3.05, 3.63) is 42.2 Å². The normalized spacial score (nSPS) is 11.2. The number of nitrogens with zero attached hydrogens (tertiary/aromatic N) is 5. The molecule has 0 N–H and O–H groups in total. The van der Waals surface area contributed by atoms with Gasteiger partial charge in [-0.15, -0.1) is 0 Å². The molecule has 1 unspecified atom stereocenters. The van der Waals surface area contributed by atoms with Gasteiger partial charge >= 0.3 is 0 Å². The average Bonchev–Trinajstić information content (AvgIpc) is 2.86. The quantitative estimate of drug-likeness (QED) is 0.507. The van der Waals surface area contributed by atoms with Gasteiger partial charge in [0.25, 0.3) is 0 Å². The summed E-state index contributed by atoms with van der Waals surface area (Å²) in [6, 6.07) is 9.40. The van der Waals surface area contributed by atoms with Crippen molar-refractivity contribution in [2.45, 2.75) is 0 Å². The second-order valence-corrected chi connectivity index (χ2v) is 5.80. The van der Waals surface area contributed by atoms with Gasteiger partial charge in [0.15, 0.2) is 0 Å². The molecule has 3 heterocycles. The fourth-order valence-electron chi connectivity index (χ4n) is 1.82. The maximum atomic E-state index is 8.95. The number of aromatic nitrogens is 4. The molecule has 3 aromatic heterocycles. The van der Waals surface area contributed by atoms with Gasteiger partial charge in [0.05, 0.1) is 29.2 Å². The van der Waals surface area contributed by atoms with E-state index in [4.69, 9.17) is 5.26 Å². The van der Waals surface area contributed by atoms with Crippen molar-refractivity contribution in [2.24, 2.45) is 0 Å². The molecule has 0 aromatic carbocycles. The minimum Gasteiger partial charge on any atom is -0.254 e. The maximum Gasteiger partial charge on any atom is 0.137 e. The minimum absolute atomic E-state index is 0.490. The summed E-state index contributed by atoms with van der Waals surface area (Å²) in [5.74, 6) is 0. The van der Waals surface area contributed by atoms with Crippen LogP contribution in [0.25, 0.3) is 22.4 Å². The second kappa shape index (κ2) is 5.19. The van der Waals surface area contributed by atoms with Crippen LogP contribution in [0.2, 0.25) is 0 Å². The van der Waals surface area contributed by atoms with Crippen LogP contribution < -0.4 is 0 Å². The first kappa shape index (κ1) is 12.5. The van der Waals surface area contributed by atoms with Gasteiger partial charge in [-0.2, -0.15) is 10.4 Å². The Morgan fingerprint density at radius 1 is 1.26 bits per heavy atom. The van der Waals surface area contributed by atoms with Crippen molar-refractivity contribution in [2.75, 3.05) is 0 Å². The molecular formula is C12H7IN5P. The lowest BCUT2D eigenvalue weighted by atomic mass is 10.2. The molecule has 0 aliphatic rings. The van der Waals surface area contributed by atoms with E-state index in [-0.39, 0.29) is 0 Å². The summed E-state index contributed by atoms with van der Waals surface area (Å²) in [6.07, 6.45) is 3.85. The molecule has 3 aromatic rings. The first-order chi connectivity index (χ1) is 9.33. The number of halogens is 1. The summed E-state index contributed by atoms with van der Waals surface area (Å²) in [5, 5.41) is 13.5. The summed E-state index contributed by atoms with van der Waals surface area (Å²) in [5.41, 5.74) is 3.76. The third-order valence-corrected chi connectivity index (χ3v) is 4.52. The second-order valence-electron chi connectivity index (χ2n) is 3.76. The predicted molar refractivity (Wildman–Crippen MR) is 83.2 cm³/mol. The Morgan fingerprint density at radius 2 is 2.16 bits per heavy atom. The molecule has 0 saturated heterocycles. The zero-order chi connectivity index (χ0) is 13.2. The molecule has 0 saturated carbocycles. The van der Waals surface area contributed by atoms with Crippen molar-refractivity contribution in [3.8, 4) is 17.5 Å². The van der Waals surface area contributed by atoms with Crippen molar-refractivity contribution in [3.63, 3.8) is 0 Å². The number of pyridine rings is 2. The number of fused-ring (bicyclic) bond motifs is 1. The molecule has 92 valence electrons. The summed E-state index contributed by atoms with van der Waals surface area (Å²) in [4.78, 5) is 8.67.